The average molecular weight is 280 g/mol. The standard InChI is InChI=1S/C14H18ClN3O/c1-3-13(17)9(2)6-14(19)18-11-5-4-10(8-16)12(15)7-11/h4-5,7,9,13H,3,6,17H2,1-2H3,(H,18,19)/t9-,13+/m0/s1. The highest BCUT2D eigenvalue weighted by Crippen LogP contribution is 2.20. The molecule has 5 heteroatoms. The van der Waals surface area contributed by atoms with Gasteiger partial charge in [-0.05, 0) is 30.5 Å². The number of halogens is 1. The van der Waals surface area contributed by atoms with Crippen LogP contribution in [-0.2, 0) is 4.79 Å². The zero-order chi connectivity index (χ0) is 14.4. The number of nitrogens with two attached hydrogens (primary N) is 1. The van der Waals surface area contributed by atoms with Crippen LogP contribution in [0.5, 0.6) is 0 Å². The SMILES string of the molecule is CC[C@@H](N)[C@@H](C)CC(=O)Nc1ccc(C#N)c(Cl)c1. The topological polar surface area (TPSA) is 78.9 Å². The van der Waals surface area contributed by atoms with Crippen molar-refractivity contribution in [2.24, 2.45) is 11.7 Å². The fourth-order valence-electron chi connectivity index (χ4n) is 1.74. The van der Waals surface area contributed by atoms with Crippen molar-refractivity contribution in [1.82, 2.24) is 0 Å². The van der Waals surface area contributed by atoms with Crippen LogP contribution in [0.4, 0.5) is 5.69 Å². The lowest BCUT2D eigenvalue weighted by atomic mass is 9.97. The molecule has 0 aliphatic heterocycles. The molecule has 19 heavy (non-hydrogen) atoms. The predicted octanol–water partition coefficient (Wildman–Crippen LogP) is 2.91. The number of amides is 1. The van der Waals surface area contributed by atoms with Gasteiger partial charge in [-0.15, -0.1) is 0 Å². The van der Waals surface area contributed by atoms with E-state index in [2.05, 4.69) is 5.32 Å². The lowest BCUT2D eigenvalue weighted by Crippen LogP contribution is -2.30. The lowest BCUT2D eigenvalue weighted by Gasteiger charge is -2.17. The molecule has 3 N–H and O–H groups in total. The molecule has 0 fully saturated rings. The molecule has 102 valence electrons. The van der Waals surface area contributed by atoms with E-state index in [-0.39, 0.29) is 17.9 Å². The van der Waals surface area contributed by atoms with Gasteiger partial charge in [-0.1, -0.05) is 25.4 Å². The summed E-state index contributed by atoms with van der Waals surface area (Å²) in [7, 11) is 0. The molecule has 0 spiro atoms. The number of carbonyl (C=O) groups is 1. The van der Waals surface area contributed by atoms with Gasteiger partial charge in [0.05, 0.1) is 10.6 Å². The average Bonchev–Trinajstić information content (AvgIpc) is 2.37. The third kappa shape index (κ3) is 4.55. The molecule has 0 aromatic heterocycles. The third-order valence-electron chi connectivity index (χ3n) is 3.08. The largest absolute Gasteiger partial charge is 0.327 e. The van der Waals surface area contributed by atoms with E-state index < -0.39 is 0 Å². The molecule has 0 aliphatic carbocycles. The first-order chi connectivity index (χ1) is 8.97. The molecule has 0 unspecified atom stereocenters. The van der Waals surface area contributed by atoms with Crippen molar-refractivity contribution in [2.45, 2.75) is 32.7 Å². The van der Waals surface area contributed by atoms with Crippen molar-refractivity contribution in [2.75, 3.05) is 5.32 Å². The number of nitrogens with one attached hydrogen (secondary N) is 1. The molecule has 0 heterocycles. The highest BCUT2D eigenvalue weighted by Gasteiger charge is 2.15. The summed E-state index contributed by atoms with van der Waals surface area (Å²) in [6.45, 7) is 3.96. The van der Waals surface area contributed by atoms with Gasteiger partial charge >= 0.3 is 0 Å². The van der Waals surface area contributed by atoms with E-state index in [4.69, 9.17) is 22.6 Å². The van der Waals surface area contributed by atoms with Gasteiger partial charge < -0.3 is 11.1 Å². The van der Waals surface area contributed by atoms with Gasteiger partial charge in [0.2, 0.25) is 5.91 Å². The molecule has 0 aliphatic rings. The van der Waals surface area contributed by atoms with E-state index in [9.17, 15) is 4.79 Å². The molecule has 1 amide bonds. The summed E-state index contributed by atoms with van der Waals surface area (Å²) in [5, 5.41) is 11.9. The molecule has 1 rings (SSSR count). The van der Waals surface area contributed by atoms with Crippen LogP contribution in [0.2, 0.25) is 5.02 Å². The Morgan fingerprint density at radius 1 is 1.58 bits per heavy atom. The van der Waals surface area contributed by atoms with Crippen molar-refractivity contribution in [1.29, 1.82) is 5.26 Å². The Labute approximate surface area is 118 Å². The van der Waals surface area contributed by atoms with Gasteiger partial charge in [0, 0.05) is 18.2 Å². The van der Waals surface area contributed by atoms with Crippen LogP contribution < -0.4 is 11.1 Å². The van der Waals surface area contributed by atoms with Crippen LogP contribution in [-0.4, -0.2) is 11.9 Å². The van der Waals surface area contributed by atoms with Crippen LogP contribution >= 0.6 is 11.6 Å². The Kier molecular flexibility index (Phi) is 5.81. The number of carbonyl (C=O) groups excluding carboxylic acids is 1. The zero-order valence-corrected chi connectivity index (χ0v) is 11.9. The zero-order valence-electron chi connectivity index (χ0n) is 11.1. The monoisotopic (exact) mass is 279 g/mol. The van der Waals surface area contributed by atoms with Crippen molar-refractivity contribution < 1.29 is 4.79 Å². The summed E-state index contributed by atoms with van der Waals surface area (Å²) in [6.07, 6.45) is 1.21. The molecule has 1 aromatic rings. The van der Waals surface area contributed by atoms with Crippen LogP contribution in [0.25, 0.3) is 0 Å². The van der Waals surface area contributed by atoms with Gasteiger partial charge in [-0.2, -0.15) is 5.26 Å². The molecular weight excluding hydrogens is 262 g/mol. The smallest absolute Gasteiger partial charge is 0.224 e. The Morgan fingerprint density at radius 2 is 2.26 bits per heavy atom. The summed E-state index contributed by atoms with van der Waals surface area (Å²) in [6, 6.07) is 6.81. The Balaban J connectivity index is 2.63. The normalized spacial score (nSPS) is 13.4. The second-order valence-corrected chi connectivity index (χ2v) is 5.02. The van der Waals surface area contributed by atoms with Gasteiger partial charge in [0.15, 0.2) is 0 Å². The molecule has 0 saturated carbocycles. The second-order valence-electron chi connectivity index (χ2n) is 4.61. The van der Waals surface area contributed by atoms with Crippen LogP contribution in [0, 0.1) is 17.2 Å². The summed E-state index contributed by atoms with van der Waals surface area (Å²) in [4.78, 5) is 11.8. The fourth-order valence-corrected chi connectivity index (χ4v) is 1.96. The molecule has 4 nitrogen and oxygen atoms in total. The van der Waals surface area contributed by atoms with Crippen molar-refractivity contribution in [3.63, 3.8) is 0 Å². The quantitative estimate of drug-likeness (QED) is 0.870. The predicted molar refractivity (Wildman–Crippen MR) is 76.8 cm³/mol. The molecule has 0 saturated heterocycles. The van der Waals surface area contributed by atoms with E-state index in [1.165, 1.54) is 0 Å². The van der Waals surface area contributed by atoms with Gasteiger partial charge in [0.25, 0.3) is 0 Å². The number of hydrogen-bond acceptors (Lipinski definition) is 3. The van der Waals surface area contributed by atoms with Gasteiger partial charge in [-0.3, -0.25) is 4.79 Å². The number of nitriles is 1. The fraction of sp³-hybridized carbons (Fsp3) is 0.429. The van der Waals surface area contributed by atoms with Crippen LogP contribution in [0.3, 0.4) is 0 Å². The van der Waals surface area contributed by atoms with E-state index in [0.29, 0.717) is 22.7 Å². The van der Waals surface area contributed by atoms with Crippen molar-refractivity contribution in [3.8, 4) is 6.07 Å². The van der Waals surface area contributed by atoms with Crippen molar-refractivity contribution in [3.05, 3.63) is 28.8 Å². The van der Waals surface area contributed by atoms with Crippen LogP contribution in [0.1, 0.15) is 32.3 Å². The first-order valence-electron chi connectivity index (χ1n) is 6.23. The number of benzene rings is 1. The minimum atomic E-state index is -0.0998. The van der Waals surface area contributed by atoms with E-state index in [1.807, 2.05) is 19.9 Å². The molecule has 0 bridgehead atoms. The summed E-state index contributed by atoms with van der Waals surface area (Å²) in [5.41, 5.74) is 6.86. The molecule has 0 radical (unpaired) electrons. The van der Waals surface area contributed by atoms with E-state index in [0.717, 1.165) is 6.42 Å². The molecule has 2 atom stereocenters. The summed E-state index contributed by atoms with van der Waals surface area (Å²) in [5.74, 6) is 0.0241. The lowest BCUT2D eigenvalue weighted by molar-refractivity contribution is -0.117. The maximum Gasteiger partial charge on any atom is 0.224 e. The first kappa shape index (κ1) is 15.5. The highest BCUT2D eigenvalue weighted by atomic mass is 35.5. The van der Waals surface area contributed by atoms with E-state index in [1.54, 1.807) is 18.2 Å². The Hall–Kier alpha value is -1.57. The third-order valence-corrected chi connectivity index (χ3v) is 3.40. The van der Waals surface area contributed by atoms with Gasteiger partial charge in [-0.25, -0.2) is 0 Å². The summed E-state index contributed by atoms with van der Waals surface area (Å²) < 4.78 is 0. The maximum absolute atomic E-state index is 11.8. The Bertz CT molecular complexity index is 496. The Morgan fingerprint density at radius 3 is 2.79 bits per heavy atom. The van der Waals surface area contributed by atoms with Crippen molar-refractivity contribution >= 4 is 23.2 Å². The molecular formula is C14H18ClN3O. The van der Waals surface area contributed by atoms with Crippen LogP contribution in [0.15, 0.2) is 18.2 Å². The number of rotatable bonds is 5. The van der Waals surface area contributed by atoms with Gasteiger partial charge in [0.1, 0.15) is 6.07 Å². The number of hydrogen-bond donors (Lipinski definition) is 2. The maximum atomic E-state index is 11.8. The minimum absolute atomic E-state index is 0.0234. The minimum Gasteiger partial charge on any atom is -0.327 e. The molecule has 1 aromatic carbocycles. The number of anilines is 1. The summed E-state index contributed by atoms with van der Waals surface area (Å²) >= 11 is 5.90. The second kappa shape index (κ2) is 7.13. The highest BCUT2D eigenvalue weighted by molar-refractivity contribution is 6.32. The first-order valence-corrected chi connectivity index (χ1v) is 6.60. The number of nitrogens with zero attached hydrogens (tertiary/aromatic N) is 1. The van der Waals surface area contributed by atoms with E-state index >= 15 is 0 Å².